The minimum absolute atomic E-state index is 0.00760. The lowest BCUT2D eigenvalue weighted by Crippen LogP contribution is -2.08. The van der Waals surface area contributed by atoms with Crippen molar-refractivity contribution in [2.45, 2.75) is 12.1 Å². The predicted molar refractivity (Wildman–Crippen MR) is 55.3 cm³/mol. The van der Waals surface area contributed by atoms with E-state index in [2.05, 4.69) is 20.7 Å². The van der Waals surface area contributed by atoms with Gasteiger partial charge in [0.15, 0.2) is 0 Å². The minimum atomic E-state index is -4.44. The van der Waals surface area contributed by atoms with E-state index in [-0.39, 0.29) is 11.6 Å². The van der Waals surface area contributed by atoms with Crippen LogP contribution in [0.4, 0.5) is 13.2 Å². The standard InChI is InChI=1S/C9H7BrClF3O/c1-15-8-3-7(10)5(4-11)2-6(8)9(12,13)14/h2-3H,4H2,1H3. The summed E-state index contributed by atoms with van der Waals surface area (Å²) in [6.07, 6.45) is -4.44. The molecule has 0 aliphatic heterocycles. The van der Waals surface area contributed by atoms with Gasteiger partial charge in [0.05, 0.1) is 12.7 Å². The highest BCUT2D eigenvalue weighted by Crippen LogP contribution is 2.39. The lowest BCUT2D eigenvalue weighted by atomic mass is 10.1. The first kappa shape index (κ1) is 12.6. The van der Waals surface area contributed by atoms with Crippen LogP contribution in [0.15, 0.2) is 16.6 Å². The van der Waals surface area contributed by atoms with Gasteiger partial charge >= 0.3 is 6.18 Å². The number of hydrogen-bond acceptors (Lipinski definition) is 1. The van der Waals surface area contributed by atoms with Crippen LogP contribution in [-0.4, -0.2) is 7.11 Å². The summed E-state index contributed by atoms with van der Waals surface area (Å²) >= 11 is 8.63. The molecule has 0 saturated heterocycles. The zero-order chi connectivity index (χ0) is 11.6. The molecule has 0 radical (unpaired) electrons. The van der Waals surface area contributed by atoms with Gasteiger partial charge in [0.25, 0.3) is 0 Å². The molecule has 0 aromatic heterocycles. The fourth-order valence-electron chi connectivity index (χ4n) is 1.09. The fraction of sp³-hybridized carbons (Fsp3) is 0.333. The second-order valence-corrected chi connectivity index (χ2v) is 3.90. The average molecular weight is 304 g/mol. The van der Waals surface area contributed by atoms with Gasteiger partial charge in [-0.1, -0.05) is 15.9 Å². The van der Waals surface area contributed by atoms with Gasteiger partial charge in [-0.05, 0) is 17.7 Å². The molecule has 15 heavy (non-hydrogen) atoms. The summed E-state index contributed by atoms with van der Waals surface area (Å²) in [6.45, 7) is 0. The molecule has 0 N–H and O–H groups in total. The van der Waals surface area contributed by atoms with Crippen molar-refractivity contribution in [3.63, 3.8) is 0 Å². The maximum absolute atomic E-state index is 12.5. The molecule has 0 bridgehead atoms. The molecule has 1 nitrogen and oxygen atoms in total. The number of benzene rings is 1. The molecular formula is C9H7BrClF3O. The average Bonchev–Trinajstić information content (AvgIpc) is 2.15. The van der Waals surface area contributed by atoms with Crippen LogP contribution in [-0.2, 0) is 12.1 Å². The number of hydrogen-bond donors (Lipinski definition) is 0. The Kier molecular flexibility index (Phi) is 3.89. The molecule has 1 aromatic carbocycles. The third-order valence-electron chi connectivity index (χ3n) is 1.82. The highest BCUT2D eigenvalue weighted by Gasteiger charge is 2.34. The molecule has 1 aromatic rings. The Morgan fingerprint density at radius 2 is 2.00 bits per heavy atom. The lowest BCUT2D eigenvalue weighted by Gasteiger charge is -2.14. The van der Waals surface area contributed by atoms with Crippen LogP contribution in [0.3, 0.4) is 0 Å². The van der Waals surface area contributed by atoms with E-state index in [9.17, 15) is 13.2 Å². The van der Waals surface area contributed by atoms with E-state index in [1.54, 1.807) is 0 Å². The van der Waals surface area contributed by atoms with Crippen molar-refractivity contribution in [1.29, 1.82) is 0 Å². The molecular weight excluding hydrogens is 296 g/mol. The van der Waals surface area contributed by atoms with E-state index in [1.165, 1.54) is 13.2 Å². The van der Waals surface area contributed by atoms with Gasteiger partial charge in [0, 0.05) is 10.4 Å². The Balaban J connectivity index is 3.36. The molecule has 84 valence electrons. The van der Waals surface area contributed by atoms with Gasteiger partial charge in [-0.25, -0.2) is 0 Å². The van der Waals surface area contributed by atoms with Crippen LogP contribution in [0.5, 0.6) is 5.75 Å². The van der Waals surface area contributed by atoms with Crippen LogP contribution in [0.25, 0.3) is 0 Å². The van der Waals surface area contributed by atoms with Crippen molar-refractivity contribution in [2.75, 3.05) is 7.11 Å². The Labute approximate surface area is 98.3 Å². The number of methoxy groups -OCH3 is 1. The Bertz CT molecular complexity index is 365. The van der Waals surface area contributed by atoms with Crippen molar-refractivity contribution in [3.8, 4) is 5.75 Å². The van der Waals surface area contributed by atoms with Gasteiger partial charge in [0.1, 0.15) is 5.75 Å². The second-order valence-electron chi connectivity index (χ2n) is 2.78. The van der Waals surface area contributed by atoms with Crippen molar-refractivity contribution in [1.82, 2.24) is 0 Å². The second kappa shape index (κ2) is 4.61. The summed E-state index contributed by atoms with van der Waals surface area (Å²) in [7, 11) is 1.19. The SMILES string of the molecule is COc1cc(Br)c(CCl)cc1C(F)(F)F. The van der Waals surface area contributed by atoms with E-state index in [0.717, 1.165) is 6.07 Å². The van der Waals surface area contributed by atoms with Gasteiger partial charge in [-0.2, -0.15) is 13.2 Å². The molecule has 0 atom stereocenters. The van der Waals surface area contributed by atoms with Gasteiger partial charge < -0.3 is 4.74 Å². The monoisotopic (exact) mass is 302 g/mol. The third-order valence-corrected chi connectivity index (χ3v) is 2.84. The Morgan fingerprint density at radius 1 is 1.40 bits per heavy atom. The molecule has 1 rings (SSSR count). The minimum Gasteiger partial charge on any atom is -0.496 e. The van der Waals surface area contributed by atoms with Crippen LogP contribution < -0.4 is 4.74 Å². The first-order valence-electron chi connectivity index (χ1n) is 3.89. The van der Waals surface area contributed by atoms with Crippen molar-refractivity contribution >= 4 is 27.5 Å². The van der Waals surface area contributed by atoms with E-state index in [4.69, 9.17) is 11.6 Å². The van der Waals surface area contributed by atoms with Crippen LogP contribution >= 0.6 is 27.5 Å². The topological polar surface area (TPSA) is 9.23 Å². The first-order chi connectivity index (χ1) is 6.90. The number of rotatable bonds is 2. The lowest BCUT2D eigenvalue weighted by molar-refractivity contribution is -0.138. The molecule has 0 spiro atoms. The molecule has 0 heterocycles. The normalized spacial score (nSPS) is 11.6. The largest absolute Gasteiger partial charge is 0.496 e. The molecule has 6 heteroatoms. The van der Waals surface area contributed by atoms with Crippen molar-refractivity contribution in [2.24, 2.45) is 0 Å². The third kappa shape index (κ3) is 2.78. The summed E-state index contributed by atoms with van der Waals surface area (Å²) in [4.78, 5) is 0. The molecule has 0 fully saturated rings. The zero-order valence-corrected chi connectivity index (χ0v) is 10.0. The maximum Gasteiger partial charge on any atom is 0.419 e. The first-order valence-corrected chi connectivity index (χ1v) is 5.22. The van der Waals surface area contributed by atoms with Crippen LogP contribution in [0, 0.1) is 0 Å². The predicted octanol–water partition coefficient (Wildman–Crippen LogP) is 4.22. The summed E-state index contributed by atoms with van der Waals surface area (Å²) in [6, 6.07) is 2.25. The molecule has 0 aliphatic rings. The highest BCUT2D eigenvalue weighted by atomic mass is 79.9. The zero-order valence-electron chi connectivity index (χ0n) is 7.66. The van der Waals surface area contributed by atoms with Gasteiger partial charge in [0.2, 0.25) is 0 Å². The summed E-state index contributed by atoms with van der Waals surface area (Å²) in [5.41, 5.74) is -0.436. The number of halogens is 5. The van der Waals surface area contributed by atoms with E-state index >= 15 is 0 Å². The summed E-state index contributed by atoms with van der Waals surface area (Å²) in [5.74, 6) is -0.212. The number of ether oxygens (including phenoxy) is 1. The van der Waals surface area contributed by atoms with E-state index in [0.29, 0.717) is 10.0 Å². The van der Waals surface area contributed by atoms with Gasteiger partial charge in [-0.3, -0.25) is 0 Å². The van der Waals surface area contributed by atoms with Crippen molar-refractivity contribution < 1.29 is 17.9 Å². The van der Waals surface area contributed by atoms with E-state index < -0.39 is 11.7 Å². The Morgan fingerprint density at radius 3 is 2.40 bits per heavy atom. The maximum atomic E-state index is 12.5. The highest BCUT2D eigenvalue weighted by molar-refractivity contribution is 9.10. The fourth-order valence-corrected chi connectivity index (χ4v) is 1.94. The van der Waals surface area contributed by atoms with Crippen LogP contribution in [0.2, 0.25) is 0 Å². The Hall–Kier alpha value is -0.420. The smallest absolute Gasteiger partial charge is 0.419 e. The van der Waals surface area contributed by atoms with Crippen LogP contribution in [0.1, 0.15) is 11.1 Å². The molecule has 0 amide bonds. The molecule has 0 aliphatic carbocycles. The van der Waals surface area contributed by atoms with E-state index in [1.807, 2.05) is 0 Å². The number of alkyl halides is 4. The van der Waals surface area contributed by atoms with Crippen molar-refractivity contribution in [3.05, 3.63) is 27.7 Å². The summed E-state index contributed by atoms with van der Waals surface area (Å²) < 4.78 is 42.8. The molecule has 0 saturated carbocycles. The quantitative estimate of drug-likeness (QED) is 0.744. The molecule has 0 unspecified atom stereocenters. The van der Waals surface area contributed by atoms with Gasteiger partial charge in [-0.15, -0.1) is 11.6 Å². The summed E-state index contributed by atoms with van der Waals surface area (Å²) in [5, 5.41) is 0.